The van der Waals surface area contributed by atoms with Crippen molar-refractivity contribution in [3.8, 4) is 0 Å². The molecule has 0 aromatic rings. The van der Waals surface area contributed by atoms with Crippen molar-refractivity contribution in [2.75, 3.05) is 0 Å². The predicted molar refractivity (Wildman–Crippen MR) is 50.4 cm³/mol. The Morgan fingerprint density at radius 3 is 2.83 bits per heavy atom. The van der Waals surface area contributed by atoms with Crippen LogP contribution in [0.25, 0.3) is 0 Å². The zero-order valence-electron chi connectivity index (χ0n) is 6.44. The van der Waals surface area contributed by atoms with Crippen LogP contribution in [-0.2, 0) is 4.79 Å². The van der Waals surface area contributed by atoms with Gasteiger partial charge in [0.1, 0.15) is 0 Å². The van der Waals surface area contributed by atoms with Gasteiger partial charge in [0.25, 0.3) is 5.91 Å². The molecule has 0 radical (unpaired) electrons. The largest absolute Gasteiger partial charge is 0.365 e. The van der Waals surface area contributed by atoms with Gasteiger partial charge in [0.05, 0.1) is 4.91 Å². The van der Waals surface area contributed by atoms with Crippen LogP contribution < -0.4 is 5.73 Å². The first-order chi connectivity index (χ1) is 5.77. The maximum atomic E-state index is 10.8. The minimum atomic E-state index is -0.309. The van der Waals surface area contributed by atoms with Gasteiger partial charge in [-0.05, 0) is 0 Å². The van der Waals surface area contributed by atoms with Gasteiger partial charge < -0.3 is 5.73 Å². The Labute approximate surface area is 75.2 Å². The fraction of sp³-hybridized carbons (Fsp3) is 0.222. The van der Waals surface area contributed by atoms with Crippen molar-refractivity contribution in [1.29, 1.82) is 0 Å². The van der Waals surface area contributed by atoms with Gasteiger partial charge in [-0.15, -0.1) is 11.8 Å². The highest BCUT2D eigenvalue weighted by Gasteiger charge is 2.27. The lowest BCUT2D eigenvalue weighted by Crippen LogP contribution is -2.11. The summed E-state index contributed by atoms with van der Waals surface area (Å²) in [4.78, 5) is 11.5. The number of carbonyl (C=O) groups is 1. The van der Waals surface area contributed by atoms with E-state index in [4.69, 9.17) is 5.73 Å². The second kappa shape index (κ2) is 2.83. The monoisotopic (exact) mass is 179 g/mol. The topological polar surface area (TPSA) is 43.1 Å². The first-order valence-electron chi connectivity index (χ1n) is 3.80. The number of carbonyl (C=O) groups excluding carboxylic acids is 1. The highest BCUT2D eigenvalue weighted by Crippen LogP contribution is 2.39. The third-order valence-corrected chi connectivity index (χ3v) is 3.31. The van der Waals surface area contributed by atoms with E-state index < -0.39 is 0 Å². The molecular weight excluding hydrogens is 170 g/mol. The van der Waals surface area contributed by atoms with E-state index in [0.717, 1.165) is 0 Å². The van der Waals surface area contributed by atoms with Crippen LogP contribution in [0.3, 0.4) is 0 Å². The molecule has 1 aliphatic carbocycles. The molecule has 0 spiro atoms. The van der Waals surface area contributed by atoms with Crippen LogP contribution in [0.5, 0.6) is 0 Å². The average Bonchev–Trinajstić information content (AvgIpc) is 2.46. The van der Waals surface area contributed by atoms with E-state index in [-0.39, 0.29) is 5.91 Å². The molecule has 2 atom stereocenters. The van der Waals surface area contributed by atoms with Gasteiger partial charge in [-0.2, -0.15) is 0 Å². The summed E-state index contributed by atoms with van der Waals surface area (Å²) in [5, 5.41) is 0.387. The highest BCUT2D eigenvalue weighted by molar-refractivity contribution is 8.05. The molecule has 0 saturated carbocycles. The van der Waals surface area contributed by atoms with Gasteiger partial charge in [-0.3, -0.25) is 4.79 Å². The van der Waals surface area contributed by atoms with Crippen molar-refractivity contribution in [1.82, 2.24) is 0 Å². The van der Waals surface area contributed by atoms with Gasteiger partial charge in [-0.25, -0.2) is 0 Å². The van der Waals surface area contributed by atoms with Gasteiger partial charge >= 0.3 is 0 Å². The molecule has 3 heteroatoms. The Kier molecular flexibility index (Phi) is 1.81. The number of amides is 1. The lowest BCUT2D eigenvalue weighted by Gasteiger charge is -2.12. The summed E-state index contributed by atoms with van der Waals surface area (Å²) in [7, 11) is 0. The number of hydrogen-bond donors (Lipinski definition) is 1. The summed E-state index contributed by atoms with van der Waals surface area (Å²) in [6.07, 6.45) is 10.1. The minimum Gasteiger partial charge on any atom is -0.365 e. The fourth-order valence-corrected chi connectivity index (χ4v) is 2.51. The number of primary amides is 1. The molecule has 2 N–H and O–H groups in total. The molecule has 1 heterocycles. The quantitative estimate of drug-likeness (QED) is 0.657. The Morgan fingerprint density at radius 1 is 1.42 bits per heavy atom. The molecule has 62 valence electrons. The molecular formula is C9H9NOS. The van der Waals surface area contributed by atoms with Gasteiger partial charge in [-0.1, -0.05) is 30.4 Å². The molecule has 0 aromatic carbocycles. The smallest absolute Gasteiger partial charge is 0.254 e. The van der Waals surface area contributed by atoms with Crippen molar-refractivity contribution < 1.29 is 4.79 Å². The van der Waals surface area contributed by atoms with Gasteiger partial charge in [0.2, 0.25) is 0 Å². The Morgan fingerprint density at radius 2 is 2.17 bits per heavy atom. The summed E-state index contributed by atoms with van der Waals surface area (Å²) >= 11 is 1.55. The van der Waals surface area contributed by atoms with Crippen LogP contribution >= 0.6 is 11.8 Å². The van der Waals surface area contributed by atoms with E-state index in [0.29, 0.717) is 16.1 Å². The molecule has 12 heavy (non-hydrogen) atoms. The van der Waals surface area contributed by atoms with E-state index in [2.05, 4.69) is 12.2 Å². The second-order valence-electron chi connectivity index (χ2n) is 2.82. The third kappa shape index (κ3) is 1.20. The average molecular weight is 179 g/mol. The number of rotatable bonds is 1. The Hall–Kier alpha value is -0.960. The summed E-state index contributed by atoms with van der Waals surface area (Å²) in [5.41, 5.74) is 5.18. The number of nitrogens with two attached hydrogens (primary N) is 1. The van der Waals surface area contributed by atoms with Crippen LogP contribution in [0.4, 0.5) is 0 Å². The summed E-state index contributed by atoms with van der Waals surface area (Å²) in [5.74, 6) is 0.0544. The van der Waals surface area contributed by atoms with Crippen molar-refractivity contribution in [3.63, 3.8) is 0 Å². The first-order valence-corrected chi connectivity index (χ1v) is 4.68. The zero-order chi connectivity index (χ0) is 8.55. The van der Waals surface area contributed by atoms with Crippen molar-refractivity contribution in [3.05, 3.63) is 35.3 Å². The van der Waals surface area contributed by atoms with Crippen LogP contribution in [0.1, 0.15) is 0 Å². The first kappa shape index (κ1) is 7.68. The van der Waals surface area contributed by atoms with Crippen molar-refractivity contribution in [2.45, 2.75) is 5.25 Å². The molecule has 2 aliphatic rings. The summed E-state index contributed by atoms with van der Waals surface area (Å²) < 4.78 is 0. The number of allylic oxidation sites excluding steroid dienone is 4. The van der Waals surface area contributed by atoms with Crippen molar-refractivity contribution in [2.24, 2.45) is 11.7 Å². The molecule has 1 amide bonds. The number of thioether (sulfide) groups is 1. The minimum absolute atomic E-state index is 0.309. The summed E-state index contributed by atoms with van der Waals surface area (Å²) in [6, 6.07) is 0. The molecule has 0 bridgehead atoms. The predicted octanol–water partition coefficient (Wildman–Crippen LogP) is 1.21. The maximum Gasteiger partial charge on any atom is 0.254 e. The summed E-state index contributed by atoms with van der Waals surface area (Å²) in [6.45, 7) is 0. The zero-order valence-corrected chi connectivity index (χ0v) is 7.25. The normalized spacial score (nSPS) is 31.5. The van der Waals surface area contributed by atoms with E-state index in [1.807, 2.05) is 18.2 Å². The molecule has 2 unspecified atom stereocenters. The lowest BCUT2D eigenvalue weighted by atomic mass is 10.0. The fourth-order valence-electron chi connectivity index (χ4n) is 1.37. The molecule has 0 aromatic heterocycles. The Balaban J connectivity index is 2.21. The van der Waals surface area contributed by atoms with E-state index >= 15 is 0 Å². The molecule has 2 nitrogen and oxygen atoms in total. The van der Waals surface area contributed by atoms with Crippen LogP contribution in [0.2, 0.25) is 0 Å². The van der Waals surface area contributed by atoms with E-state index in [1.165, 1.54) is 0 Å². The third-order valence-electron chi connectivity index (χ3n) is 1.97. The SMILES string of the molecule is NC(=O)C1=CC2C=CC=CC2S1. The number of fused-ring (bicyclic) bond motifs is 1. The lowest BCUT2D eigenvalue weighted by molar-refractivity contribution is -0.113. The van der Waals surface area contributed by atoms with Crippen LogP contribution in [0.15, 0.2) is 35.3 Å². The van der Waals surface area contributed by atoms with Crippen LogP contribution in [-0.4, -0.2) is 11.2 Å². The van der Waals surface area contributed by atoms with Gasteiger partial charge in [0, 0.05) is 11.2 Å². The highest BCUT2D eigenvalue weighted by atomic mass is 32.2. The maximum absolute atomic E-state index is 10.8. The molecule has 0 fully saturated rings. The van der Waals surface area contributed by atoms with E-state index in [1.54, 1.807) is 11.8 Å². The van der Waals surface area contributed by atoms with Crippen LogP contribution in [0, 0.1) is 5.92 Å². The molecule has 1 aliphatic heterocycles. The van der Waals surface area contributed by atoms with E-state index in [9.17, 15) is 4.79 Å². The van der Waals surface area contributed by atoms with Gasteiger partial charge in [0.15, 0.2) is 0 Å². The standard InChI is InChI=1S/C9H9NOS/c10-9(11)8-5-6-3-1-2-4-7(6)12-8/h1-7H,(H2,10,11). The Bertz CT molecular complexity index is 304. The molecule has 0 saturated heterocycles. The number of hydrogen-bond acceptors (Lipinski definition) is 2. The molecule has 2 rings (SSSR count). The second-order valence-corrected chi connectivity index (χ2v) is 4.04. The van der Waals surface area contributed by atoms with Crippen molar-refractivity contribution >= 4 is 17.7 Å².